The molecule has 0 aliphatic heterocycles. The summed E-state index contributed by atoms with van der Waals surface area (Å²) in [7, 11) is 0. The molecule has 0 heterocycles. The predicted octanol–water partition coefficient (Wildman–Crippen LogP) is 3.52. The van der Waals surface area contributed by atoms with E-state index in [-0.39, 0.29) is 0 Å². The standard InChI is InChI=1S/C13H18BrN/c14-12-6-4-11(5-7-12)3-1-2-10-15-13-8-9-13/h4-7,13,15H,1-3,8-10H2. The molecule has 0 aromatic heterocycles. The molecule has 1 aliphatic carbocycles. The van der Waals surface area contributed by atoms with Crippen LogP contribution in [0.2, 0.25) is 0 Å². The third-order valence-electron chi connectivity index (χ3n) is 2.82. The van der Waals surface area contributed by atoms with Crippen LogP contribution < -0.4 is 5.32 Å². The van der Waals surface area contributed by atoms with Crippen molar-refractivity contribution < 1.29 is 0 Å². The smallest absolute Gasteiger partial charge is 0.0175 e. The van der Waals surface area contributed by atoms with E-state index >= 15 is 0 Å². The van der Waals surface area contributed by atoms with Gasteiger partial charge in [0.2, 0.25) is 0 Å². The van der Waals surface area contributed by atoms with Crippen molar-refractivity contribution in [2.75, 3.05) is 6.54 Å². The van der Waals surface area contributed by atoms with E-state index in [9.17, 15) is 0 Å². The van der Waals surface area contributed by atoms with Gasteiger partial charge >= 0.3 is 0 Å². The molecule has 82 valence electrons. The highest BCUT2D eigenvalue weighted by Gasteiger charge is 2.19. The van der Waals surface area contributed by atoms with Crippen LogP contribution in [0.5, 0.6) is 0 Å². The summed E-state index contributed by atoms with van der Waals surface area (Å²) in [6.07, 6.45) is 6.59. The van der Waals surface area contributed by atoms with Gasteiger partial charge in [-0.05, 0) is 56.3 Å². The molecule has 1 saturated carbocycles. The van der Waals surface area contributed by atoms with Crippen molar-refractivity contribution in [2.24, 2.45) is 0 Å². The third kappa shape index (κ3) is 4.35. The minimum absolute atomic E-state index is 0.859. The molecule has 1 aromatic rings. The summed E-state index contributed by atoms with van der Waals surface area (Å²) in [6, 6.07) is 9.52. The van der Waals surface area contributed by atoms with Crippen LogP contribution in [0.4, 0.5) is 0 Å². The van der Waals surface area contributed by atoms with Crippen LogP contribution >= 0.6 is 15.9 Å². The van der Waals surface area contributed by atoms with Crippen molar-refractivity contribution in [1.29, 1.82) is 0 Å². The van der Waals surface area contributed by atoms with Gasteiger partial charge in [0.05, 0.1) is 0 Å². The Hall–Kier alpha value is -0.340. The normalized spacial score (nSPS) is 15.5. The lowest BCUT2D eigenvalue weighted by molar-refractivity contribution is 0.620. The average Bonchev–Trinajstić information content (AvgIpc) is 3.04. The van der Waals surface area contributed by atoms with Gasteiger partial charge in [0.1, 0.15) is 0 Å². The minimum atomic E-state index is 0.859. The highest BCUT2D eigenvalue weighted by molar-refractivity contribution is 9.10. The second-order valence-corrected chi connectivity index (χ2v) is 5.23. The summed E-state index contributed by atoms with van der Waals surface area (Å²) in [5.74, 6) is 0. The summed E-state index contributed by atoms with van der Waals surface area (Å²) < 4.78 is 1.17. The SMILES string of the molecule is Brc1ccc(CCCCNC2CC2)cc1. The Balaban J connectivity index is 1.58. The number of halogens is 1. The van der Waals surface area contributed by atoms with Crippen molar-refractivity contribution >= 4 is 15.9 Å². The average molecular weight is 268 g/mol. The molecule has 0 saturated heterocycles. The van der Waals surface area contributed by atoms with Crippen LogP contribution in [-0.4, -0.2) is 12.6 Å². The number of hydrogen-bond donors (Lipinski definition) is 1. The van der Waals surface area contributed by atoms with E-state index in [1.807, 2.05) is 0 Å². The van der Waals surface area contributed by atoms with Crippen molar-refractivity contribution in [3.63, 3.8) is 0 Å². The van der Waals surface area contributed by atoms with Crippen LogP contribution in [0.1, 0.15) is 31.2 Å². The van der Waals surface area contributed by atoms with Crippen molar-refractivity contribution in [3.05, 3.63) is 34.3 Å². The summed E-state index contributed by atoms with van der Waals surface area (Å²) in [6.45, 7) is 1.20. The minimum Gasteiger partial charge on any atom is -0.314 e. The van der Waals surface area contributed by atoms with E-state index in [2.05, 4.69) is 45.5 Å². The lowest BCUT2D eigenvalue weighted by atomic mass is 10.1. The second-order valence-electron chi connectivity index (χ2n) is 4.31. The fraction of sp³-hybridized carbons (Fsp3) is 0.538. The Labute approximate surface area is 100 Å². The molecule has 0 amide bonds. The Morgan fingerprint density at radius 3 is 2.53 bits per heavy atom. The Bertz CT molecular complexity index is 290. The van der Waals surface area contributed by atoms with Crippen LogP contribution in [0.15, 0.2) is 28.7 Å². The predicted molar refractivity (Wildman–Crippen MR) is 68.1 cm³/mol. The molecule has 0 radical (unpaired) electrons. The Morgan fingerprint density at radius 2 is 1.87 bits per heavy atom. The zero-order chi connectivity index (χ0) is 10.5. The summed E-state index contributed by atoms with van der Waals surface area (Å²) in [5.41, 5.74) is 1.45. The molecular weight excluding hydrogens is 250 g/mol. The molecule has 2 rings (SSSR count). The fourth-order valence-corrected chi connectivity index (χ4v) is 1.96. The van der Waals surface area contributed by atoms with Crippen molar-refractivity contribution in [1.82, 2.24) is 5.32 Å². The largest absolute Gasteiger partial charge is 0.314 e. The molecule has 1 aliphatic rings. The van der Waals surface area contributed by atoms with E-state index < -0.39 is 0 Å². The van der Waals surface area contributed by atoms with Crippen LogP contribution in [0.25, 0.3) is 0 Å². The molecule has 1 fully saturated rings. The lowest BCUT2D eigenvalue weighted by Gasteiger charge is -2.03. The molecule has 1 N–H and O–H groups in total. The number of nitrogens with one attached hydrogen (secondary N) is 1. The van der Waals surface area contributed by atoms with Gasteiger partial charge < -0.3 is 5.32 Å². The molecule has 1 nitrogen and oxygen atoms in total. The molecule has 1 aromatic carbocycles. The van der Waals surface area contributed by atoms with E-state index in [0.717, 1.165) is 6.04 Å². The fourth-order valence-electron chi connectivity index (χ4n) is 1.70. The van der Waals surface area contributed by atoms with Gasteiger partial charge in [-0.25, -0.2) is 0 Å². The number of aryl methyl sites for hydroxylation is 1. The molecule has 0 atom stereocenters. The zero-order valence-electron chi connectivity index (χ0n) is 9.01. The van der Waals surface area contributed by atoms with Gasteiger partial charge in [-0.1, -0.05) is 28.1 Å². The molecule has 15 heavy (non-hydrogen) atoms. The third-order valence-corrected chi connectivity index (χ3v) is 3.34. The van der Waals surface area contributed by atoms with E-state index in [1.54, 1.807) is 0 Å². The maximum absolute atomic E-state index is 3.54. The van der Waals surface area contributed by atoms with Gasteiger partial charge in [0, 0.05) is 10.5 Å². The van der Waals surface area contributed by atoms with Gasteiger partial charge in [-0.15, -0.1) is 0 Å². The first-order chi connectivity index (χ1) is 7.34. The van der Waals surface area contributed by atoms with Gasteiger partial charge in [-0.3, -0.25) is 0 Å². The second kappa shape index (κ2) is 5.66. The molecule has 0 bridgehead atoms. The molecule has 0 unspecified atom stereocenters. The first-order valence-electron chi connectivity index (χ1n) is 5.82. The van der Waals surface area contributed by atoms with Gasteiger partial charge in [-0.2, -0.15) is 0 Å². The maximum Gasteiger partial charge on any atom is 0.0175 e. The van der Waals surface area contributed by atoms with Crippen molar-refractivity contribution in [2.45, 2.75) is 38.1 Å². The number of rotatable bonds is 6. The summed E-state index contributed by atoms with van der Waals surface area (Å²) in [5, 5.41) is 3.54. The summed E-state index contributed by atoms with van der Waals surface area (Å²) in [4.78, 5) is 0. The van der Waals surface area contributed by atoms with Crippen LogP contribution in [0, 0.1) is 0 Å². The number of hydrogen-bond acceptors (Lipinski definition) is 1. The van der Waals surface area contributed by atoms with E-state index in [1.165, 1.54) is 48.7 Å². The van der Waals surface area contributed by atoms with Gasteiger partial charge in [0.15, 0.2) is 0 Å². The first-order valence-corrected chi connectivity index (χ1v) is 6.62. The van der Waals surface area contributed by atoms with E-state index in [0.29, 0.717) is 0 Å². The molecular formula is C13H18BrN. The van der Waals surface area contributed by atoms with Crippen LogP contribution in [-0.2, 0) is 6.42 Å². The van der Waals surface area contributed by atoms with E-state index in [4.69, 9.17) is 0 Å². The quantitative estimate of drug-likeness (QED) is 0.778. The highest BCUT2D eigenvalue weighted by Crippen LogP contribution is 2.18. The number of benzene rings is 1. The Kier molecular flexibility index (Phi) is 4.21. The van der Waals surface area contributed by atoms with Crippen molar-refractivity contribution in [3.8, 4) is 0 Å². The Morgan fingerprint density at radius 1 is 1.13 bits per heavy atom. The maximum atomic E-state index is 3.54. The zero-order valence-corrected chi connectivity index (χ0v) is 10.6. The van der Waals surface area contributed by atoms with Crippen LogP contribution in [0.3, 0.4) is 0 Å². The number of unbranched alkanes of at least 4 members (excludes halogenated alkanes) is 1. The monoisotopic (exact) mass is 267 g/mol. The molecule has 2 heteroatoms. The van der Waals surface area contributed by atoms with Gasteiger partial charge in [0.25, 0.3) is 0 Å². The summed E-state index contributed by atoms with van der Waals surface area (Å²) >= 11 is 3.45. The highest BCUT2D eigenvalue weighted by atomic mass is 79.9. The molecule has 0 spiro atoms. The topological polar surface area (TPSA) is 12.0 Å². The first kappa shape index (κ1) is 11.2. The lowest BCUT2D eigenvalue weighted by Crippen LogP contribution is -2.17.